The number of hydrogen-bond acceptors (Lipinski definition) is 6. The molecule has 0 atom stereocenters. The average Bonchev–Trinajstić information content (AvgIpc) is 2.91. The SMILES string of the molecule is O=C(/C=C(\[O-])c1ccccc1)c1ccccc1.O=C(/C=C(\[O-])c1ccccc1)c1ccccc1.[OH-].[OH-].[Ti+4]. The summed E-state index contributed by atoms with van der Waals surface area (Å²) in [6.07, 6.45) is 2.26. The molecule has 4 aromatic carbocycles. The summed E-state index contributed by atoms with van der Waals surface area (Å²) in [4.78, 5) is 23.5. The Bertz CT molecular complexity index is 1170. The number of benzene rings is 4. The smallest absolute Gasteiger partial charge is 0.872 e. The van der Waals surface area contributed by atoms with Gasteiger partial charge in [-0.1, -0.05) is 133 Å². The van der Waals surface area contributed by atoms with Crippen LogP contribution in [0, 0.1) is 0 Å². The van der Waals surface area contributed by atoms with Crippen molar-refractivity contribution in [1.82, 2.24) is 0 Å². The molecule has 0 saturated heterocycles. The van der Waals surface area contributed by atoms with Crippen LogP contribution in [0.1, 0.15) is 31.8 Å². The minimum Gasteiger partial charge on any atom is -0.872 e. The van der Waals surface area contributed by atoms with Crippen molar-refractivity contribution < 1.29 is 52.5 Å². The van der Waals surface area contributed by atoms with Crippen LogP contribution in [0.15, 0.2) is 133 Å². The predicted octanol–water partition coefficient (Wildman–Crippen LogP) is 4.19. The molecule has 0 radical (unpaired) electrons. The van der Waals surface area contributed by atoms with Crippen LogP contribution in [0.3, 0.4) is 0 Å². The molecular formula is C30H24O6Ti. The Labute approximate surface area is 230 Å². The molecule has 0 heterocycles. The van der Waals surface area contributed by atoms with E-state index in [2.05, 4.69) is 0 Å². The molecule has 0 aliphatic rings. The second-order valence-corrected chi connectivity index (χ2v) is 7.21. The number of carbonyl (C=O) groups is 2. The Kier molecular flexibility index (Phi) is 15.5. The van der Waals surface area contributed by atoms with Gasteiger partial charge in [-0.3, -0.25) is 9.59 Å². The first kappa shape index (κ1) is 32.9. The summed E-state index contributed by atoms with van der Waals surface area (Å²) >= 11 is 0. The van der Waals surface area contributed by atoms with Crippen LogP contribution in [-0.2, 0) is 21.7 Å². The summed E-state index contributed by atoms with van der Waals surface area (Å²) in [5.41, 5.74) is 2.10. The number of ketones is 2. The Morgan fingerprint density at radius 1 is 0.432 bits per heavy atom. The fraction of sp³-hybridized carbons (Fsp3) is 0. The van der Waals surface area contributed by atoms with Gasteiger partial charge in [0.2, 0.25) is 0 Å². The maximum atomic E-state index is 11.8. The first-order valence-electron chi connectivity index (χ1n) is 10.6. The Balaban J connectivity index is 0.000000648. The van der Waals surface area contributed by atoms with E-state index in [1.54, 1.807) is 97.1 Å². The topological polar surface area (TPSA) is 140 Å². The van der Waals surface area contributed by atoms with E-state index in [-0.39, 0.29) is 55.8 Å². The van der Waals surface area contributed by atoms with Crippen molar-refractivity contribution >= 4 is 23.1 Å². The molecule has 7 heteroatoms. The maximum absolute atomic E-state index is 11.8. The second kappa shape index (κ2) is 17.4. The summed E-state index contributed by atoms with van der Waals surface area (Å²) in [5, 5.41) is 23.5. The van der Waals surface area contributed by atoms with Crippen LogP contribution in [-0.4, -0.2) is 22.5 Å². The largest absolute Gasteiger partial charge is 4.00 e. The summed E-state index contributed by atoms with van der Waals surface area (Å²) in [6.45, 7) is 0. The van der Waals surface area contributed by atoms with Gasteiger partial charge in [-0.15, -0.1) is 0 Å². The molecule has 0 bridgehead atoms. The summed E-state index contributed by atoms with van der Waals surface area (Å²) in [5.74, 6) is -1.06. The Morgan fingerprint density at radius 3 is 0.892 bits per heavy atom. The zero-order chi connectivity index (χ0) is 24.2. The predicted molar refractivity (Wildman–Crippen MR) is 134 cm³/mol. The van der Waals surface area contributed by atoms with E-state index in [1.165, 1.54) is 0 Å². The van der Waals surface area contributed by atoms with Crippen LogP contribution in [0.25, 0.3) is 11.5 Å². The number of carbonyl (C=O) groups excluding carboxylic acids is 2. The van der Waals surface area contributed by atoms with E-state index in [0.29, 0.717) is 22.3 Å². The van der Waals surface area contributed by atoms with E-state index in [9.17, 15) is 19.8 Å². The minimum atomic E-state index is -0.264. The summed E-state index contributed by atoms with van der Waals surface area (Å²) in [7, 11) is 0. The standard InChI is InChI=1S/2C15H12O2.2H2O.Ti/c2*16-14(12-7-3-1-4-8-12)11-15(17)13-9-5-2-6-10-13;;;/h2*1-11,16H;2*1H2;/q;;;;+4/p-4/b2*14-11-;;;. The van der Waals surface area contributed by atoms with Gasteiger partial charge in [-0.05, 0) is 23.3 Å². The third kappa shape index (κ3) is 10.6. The van der Waals surface area contributed by atoms with Crippen molar-refractivity contribution in [3.63, 3.8) is 0 Å². The molecule has 0 unspecified atom stereocenters. The van der Waals surface area contributed by atoms with E-state index in [4.69, 9.17) is 0 Å². The van der Waals surface area contributed by atoms with Crippen LogP contribution in [0.5, 0.6) is 0 Å². The van der Waals surface area contributed by atoms with Crippen LogP contribution < -0.4 is 10.2 Å². The quantitative estimate of drug-likeness (QED) is 0.159. The van der Waals surface area contributed by atoms with Gasteiger partial charge in [0.05, 0.1) is 0 Å². The molecule has 184 valence electrons. The van der Waals surface area contributed by atoms with Crippen molar-refractivity contribution in [3.8, 4) is 0 Å². The van der Waals surface area contributed by atoms with Crippen molar-refractivity contribution in [2.45, 2.75) is 0 Å². The van der Waals surface area contributed by atoms with Crippen molar-refractivity contribution in [2.75, 3.05) is 0 Å². The van der Waals surface area contributed by atoms with Gasteiger partial charge in [-0.2, -0.15) is 0 Å². The molecule has 4 rings (SSSR count). The van der Waals surface area contributed by atoms with E-state index >= 15 is 0 Å². The van der Waals surface area contributed by atoms with Crippen molar-refractivity contribution in [3.05, 3.63) is 156 Å². The van der Waals surface area contributed by atoms with Crippen molar-refractivity contribution in [1.29, 1.82) is 0 Å². The molecule has 0 amide bonds. The zero-order valence-electron chi connectivity index (χ0n) is 19.7. The number of rotatable bonds is 6. The first-order valence-corrected chi connectivity index (χ1v) is 10.6. The van der Waals surface area contributed by atoms with Gasteiger partial charge in [0, 0.05) is 11.1 Å². The monoisotopic (exact) mass is 528 g/mol. The number of allylic oxidation sites excluding steroid dienone is 2. The van der Waals surface area contributed by atoms with E-state index < -0.39 is 0 Å². The molecule has 37 heavy (non-hydrogen) atoms. The van der Waals surface area contributed by atoms with Gasteiger partial charge >= 0.3 is 21.7 Å². The zero-order valence-corrected chi connectivity index (χ0v) is 21.3. The molecule has 0 aliphatic heterocycles. The molecule has 0 fully saturated rings. The Morgan fingerprint density at radius 2 is 0.649 bits per heavy atom. The molecule has 6 nitrogen and oxygen atoms in total. The fourth-order valence-electron chi connectivity index (χ4n) is 2.98. The molecule has 0 saturated carbocycles. The second-order valence-electron chi connectivity index (χ2n) is 7.21. The molecule has 0 spiro atoms. The molecule has 0 aromatic heterocycles. The summed E-state index contributed by atoms with van der Waals surface area (Å²) in [6, 6.07) is 35.0. The third-order valence-corrected chi connectivity index (χ3v) is 4.76. The minimum absolute atomic E-state index is 0. The Hall–Kier alpha value is -4.07. The van der Waals surface area contributed by atoms with Crippen LogP contribution >= 0.6 is 0 Å². The normalized spacial score (nSPS) is 10.3. The maximum Gasteiger partial charge on any atom is 4.00 e. The van der Waals surface area contributed by atoms with Gasteiger partial charge in [0.1, 0.15) is 0 Å². The number of hydrogen-bond donors (Lipinski definition) is 0. The average molecular weight is 528 g/mol. The van der Waals surface area contributed by atoms with E-state index in [0.717, 1.165) is 12.2 Å². The van der Waals surface area contributed by atoms with Crippen molar-refractivity contribution in [2.24, 2.45) is 0 Å². The third-order valence-electron chi connectivity index (χ3n) is 4.76. The van der Waals surface area contributed by atoms with Gasteiger partial charge < -0.3 is 21.2 Å². The first-order chi connectivity index (χ1) is 16.5. The van der Waals surface area contributed by atoms with Crippen LogP contribution in [0.4, 0.5) is 0 Å². The van der Waals surface area contributed by atoms with Gasteiger partial charge in [0.25, 0.3) is 0 Å². The molecule has 0 aliphatic carbocycles. The molecule has 4 aromatic rings. The van der Waals surface area contributed by atoms with Gasteiger partial charge in [0.15, 0.2) is 11.6 Å². The van der Waals surface area contributed by atoms with E-state index in [1.807, 2.05) is 24.3 Å². The van der Waals surface area contributed by atoms with Crippen LogP contribution in [0.2, 0.25) is 0 Å². The fourth-order valence-corrected chi connectivity index (χ4v) is 2.98. The van der Waals surface area contributed by atoms with Gasteiger partial charge in [-0.25, -0.2) is 0 Å². The summed E-state index contributed by atoms with van der Waals surface area (Å²) < 4.78 is 0. The molecular weight excluding hydrogens is 504 g/mol. The molecule has 2 N–H and O–H groups in total.